The van der Waals surface area contributed by atoms with Gasteiger partial charge in [-0.3, -0.25) is 4.79 Å². The third-order valence-corrected chi connectivity index (χ3v) is 6.83. The van der Waals surface area contributed by atoms with Gasteiger partial charge in [-0.25, -0.2) is 0 Å². The number of anilines is 1. The van der Waals surface area contributed by atoms with Crippen molar-refractivity contribution in [3.05, 3.63) is 57.1 Å². The van der Waals surface area contributed by atoms with Gasteiger partial charge in [0.1, 0.15) is 19.0 Å². The quantitative estimate of drug-likeness (QED) is 0.516. The lowest BCUT2D eigenvalue weighted by atomic mass is 10.2. The number of fused-ring (bicyclic) bond motifs is 1. The fourth-order valence-corrected chi connectivity index (χ4v) is 5.20. The first-order chi connectivity index (χ1) is 14.5. The van der Waals surface area contributed by atoms with E-state index in [0.717, 1.165) is 33.3 Å². The SMILES string of the molecule is Cc1ccc(CN(C(=O)CSCc2c(C)noc2C)c2ccc3c(c2)OCCO3)s1. The number of thioether (sulfide) groups is 1. The van der Waals surface area contributed by atoms with E-state index in [4.69, 9.17) is 14.0 Å². The molecule has 0 radical (unpaired) electrons. The maximum atomic E-state index is 13.2. The van der Waals surface area contributed by atoms with Crippen LogP contribution in [-0.4, -0.2) is 30.0 Å². The molecule has 0 unspecified atom stereocenters. The summed E-state index contributed by atoms with van der Waals surface area (Å²) in [6.07, 6.45) is 0. The smallest absolute Gasteiger partial charge is 0.237 e. The Morgan fingerprint density at radius 1 is 1.13 bits per heavy atom. The Morgan fingerprint density at radius 3 is 2.63 bits per heavy atom. The number of ether oxygens (including phenoxy) is 2. The Kier molecular flexibility index (Phi) is 6.34. The lowest BCUT2D eigenvalue weighted by Crippen LogP contribution is -2.32. The number of nitrogens with zero attached hydrogens (tertiary/aromatic N) is 2. The number of aryl methyl sites for hydroxylation is 3. The number of aromatic nitrogens is 1. The Hall–Kier alpha value is -2.45. The van der Waals surface area contributed by atoms with Crippen molar-refractivity contribution in [1.82, 2.24) is 5.16 Å². The highest BCUT2D eigenvalue weighted by Crippen LogP contribution is 2.35. The maximum absolute atomic E-state index is 13.2. The number of thiophene rings is 1. The number of hydrogen-bond donors (Lipinski definition) is 0. The number of rotatable bonds is 7. The molecule has 1 amide bonds. The number of carbonyl (C=O) groups is 1. The molecule has 0 N–H and O–H groups in total. The third-order valence-electron chi connectivity index (χ3n) is 4.90. The molecule has 0 spiro atoms. The van der Waals surface area contributed by atoms with Crippen LogP contribution in [0.4, 0.5) is 5.69 Å². The molecule has 3 aromatic rings. The summed E-state index contributed by atoms with van der Waals surface area (Å²) >= 11 is 3.28. The van der Waals surface area contributed by atoms with Crippen molar-refractivity contribution >= 4 is 34.7 Å². The molecule has 30 heavy (non-hydrogen) atoms. The van der Waals surface area contributed by atoms with Crippen LogP contribution in [-0.2, 0) is 17.1 Å². The van der Waals surface area contributed by atoms with Gasteiger partial charge in [0, 0.05) is 32.8 Å². The maximum Gasteiger partial charge on any atom is 0.237 e. The Bertz CT molecular complexity index is 1020. The normalized spacial score (nSPS) is 12.8. The first kappa shape index (κ1) is 20.8. The van der Waals surface area contributed by atoms with E-state index in [0.29, 0.717) is 37.0 Å². The molecule has 0 saturated carbocycles. The van der Waals surface area contributed by atoms with Gasteiger partial charge in [0.05, 0.1) is 18.0 Å². The summed E-state index contributed by atoms with van der Waals surface area (Å²) in [5.74, 6) is 3.32. The molecule has 8 heteroatoms. The molecule has 0 atom stereocenters. The van der Waals surface area contributed by atoms with Crippen LogP contribution in [0.2, 0.25) is 0 Å². The van der Waals surface area contributed by atoms with E-state index < -0.39 is 0 Å². The van der Waals surface area contributed by atoms with E-state index in [9.17, 15) is 4.79 Å². The van der Waals surface area contributed by atoms with E-state index in [1.54, 1.807) is 23.1 Å². The molecular formula is C22H24N2O4S2. The Labute approximate surface area is 184 Å². The standard InChI is InChI=1S/C22H24N2O4S2/c1-14-4-6-18(30-14)11-24(17-5-7-20-21(10-17)27-9-8-26-20)22(25)13-29-12-19-15(2)23-28-16(19)3/h4-7,10H,8-9,11-13H2,1-3H3. The van der Waals surface area contributed by atoms with Gasteiger partial charge in [-0.2, -0.15) is 0 Å². The van der Waals surface area contributed by atoms with Crippen molar-refractivity contribution < 1.29 is 18.8 Å². The van der Waals surface area contributed by atoms with E-state index in [-0.39, 0.29) is 5.91 Å². The molecule has 1 aliphatic heterocycles. The molecule has 0 fully saturated rings. The van der Waals surface area contributed by atoms with Gasteiger partial charge in [0.25, 0.3) is 0 Å². The lowest BCUT2D eigenvalue weighted by Gasteiger charge is -2.25. The zero-order valence-corrected chi connectivity index (χ0v) is 18.9. The van der Waals surface area contributed by atoms with Gasteiger partial charge in [-0.1, -0.05) is 5.16 Å². The van der Waals surface area contributed by atoms with Crippen LogP contribution in [0.3, 0.4) is 0 Å². The second-order valence-corrected chi connectivity index (χ2v) is 9.47. The van der Waals surface area contributed by atoms with Crippen LogP contribution in [0.15, 0.2) is 34.9 Å². The monoisotopic (exact) mass is 444 g/mol. The van der Waals surface area contributed by atoms with E-state index >= 15 is 0 Å². The predicted molar refractivity (Wildman–Crippen MR) is 120 cm³/mol. The van der Waals surface area contributed by atoms with E-state index in [1.807, 2.05) is 36.9 Å². The van der Waals surface area contributed by atoms with Crippen molar-refractivity contribution in [2.75, 3.05) is 23.9 Å². The van der Waals surface area contributed by atoms with E-state index in [1.165, 1.54) is 4.88 Å². The highest BCUT2D eigenvalue weighted by atomic mass is 32.2. The number of carbonyl (C=O) groups excluding carboxylic acids is 1. The summed E-state index contributed by atoms with van der Waals surface area (Å²) in [6.45, 7) is 7.49. The first-order valence-electron chi connectivity index (χ1n) is 9.76. The highest BCUT2D eigenvalue weighted by Gasteiger charge is 2.21. The summed E-state index contributed by atoms with van der Waals surface area (Å²) in [5.41, 5.74) is 2.76. The van der Waals surface area contributed by atoms with Gasteiger partial charge < -0.3 is 18.9 Å². The number of benzene rings is 1. The summed E-state index contributed by atoms with van der Waals surface area (Å²) in [5, 5.41) is 3.99. The largest absolute Gasteiger partial charge is 0.486 e. The predicted octanol–water partition coefficient (Wildman–Crippen LogP) is 4.90. The van der Waals surface area contributed by atoms with Crippen molar-refractivity contribution in [2.24, 2.45) is 0 Å². The molecule has 6 nitrogen and oxygen atoms in total. The van der Waals surface area contributed by atoms with Gasteiger partial charge in [0.2, 0.25) is 5.91 Å². The number of amides is 1. The minimum atomic E-state index is 0.0505. The molecule has 4 rings (SSSR count). The van der Waals surface area contributed by atoms with Crippen LogP contribution < -0.4 is 14.4 Å². The van der Waals surface area contributed by atoms with Crippen LogP contribution in [0, 0.1) is 20.8 Å². The Balaban J connectivity index is 1.51. The average molecular weight is 445 g/mol. The molecule has 0 bridgehead atoms. The van der Waals surface area contributed by atoms with Gasteiger partial charge in [-0.05, 0) is 45.0 Å². The van der Waals surface area contributed by atoms with Gasteiger partial charge >= 0.3 is 0 Å². The third kappa shape index (κ3) is 4.65. The van der Waals surface area contributed by atoms with Crippen molar-refractivity contribution in [2.45, 2.75) is 33.1 Å². The zero-order valence-electron chi connectivity index (χ0n) is 17.3. The highest BCUT2D eigenvalue weighted by molar-refractivity contribution is 7.99. The van der Waals surface area contributed by atoms with Gasteiger partial charge in [-0.15, -0.1) is 23.1 Å². The van der Waals surface area contributed by atoms with Crippen LogP contribution in [0.25, 0.3) is 0 Å². The Morgan fingerprint density at radius 2 is 1.93 bits per heavy atom. The van der Waals surface area contributed by atoms with Crippen molar-refractivity contribution in [1.29, 1.82) is 0 Å². The van der Waals surface area contributed by atoms with E-state index in [2.05, 4.69) is 24.2 Å². The lowest BCUT2D eigenvalue weighted by molar-refractivity contribution is -0.116. The zero-order chi connectivity index (χ0) is 21.1. The summed E-state index contributed by atoms with van der Waals surface area (Å²) in [4.78, 5) is 17.4. The van der Waals surface area contributed by atoms with Crippen molar-refractivity contribution in [3.63, 3.8) is 0 Å². The first-order valence-corrected chi connectivity index (χ1v) is 11.7. The fraction of sp³-hybridized carbons (Fsp3) is 0.364. The second-order valence-electron chi connectivity index (χ2n) is 7.12. The molecule has 1 aliphatic rings. The van der Waals surface area contributed by atoms with Gasteiger partial charge in [0.15, 0.2) is 11.5 Å². The fourth-order valence-electron chi connectivity index (χ4n) is 3.28. The van der Waals surface area contributed by atoms with Crippen LogP contribution in [0.1, 0.15) is 26.8 Å². The molecule has 3 heterocycles. The molecule has 2 aromatic heterocycles. The number of hydrogen-bond acceptors (Lipinski definition) is 7. The average Bonchev–Trinajstić information content (AvgIpc) is 3.31. The second kappa shape index (κ2) is 9.14. The van der Waals surface area contributed by atoms with Crippen LogP contribution in [0.5, 0.6) is 11.5 Å². The molecule has 0 saturated heterocycles. The summed E-state index contributed by atoms with van der Waals surface area (Å²) in [7, 11) is 0. The topological polar surface area (TPSA) is 64.8 Å². The van der Waals surface area contributed by atoms with Crippen LogP contribution >= 0.6 is 23.1 Å². The molecule has 158 valence electrons. The van der Waals surface area contributed by atoms with Crippen molar-refractivity contribution in [3.8, 4) is 11.5 Å². The summed E-state index contributed by atoms with van der Waals surface area (Å²) < 4.78 is 16.6. The minimum absolute atomic E-state index is 0.0505. The molecule has 0 aliphatic carbocycles. The molecule has 1 aromatic carbocycles. The minimum Gasteiger partial charge on any atom is -0.486 e. The summed E-state index contributed by atoms with van der Waals surface area (Å²) in [6, 6.07) is 9.85. The molecular weight excluding hydrogens is 420 g/mol.